The molecule has 0 bridgehead atoms. The van der Waals surface area contributed by atoms with Gasteiger partial charge in [-0.1, -0.05) is 24.9 Å². The van der Waals surface area contributed by atoms with Crippen LogP contribution in [0, 0.1) is 5.92 Å². The van der Waals surface area contributed by atoms with E-state index in [9.17, 15) is 5.11 Å². The lowest BCUT2D eigenvalue weighted by Crippen LogP contribution is -2.27. The first-order chi connectivity index (χ1) is 9.24. The molecule has 1 aromatic rings. The Morgan fingerprint density at radius 3 is 3.05 bits per heavy atom. The van der Waals surface area contributed by atoms with Crippen LogP contribution in [0.25, 0.3) is 0 Å². The van der Waals surface area contributed by atoms with Gasteiger partial charge in [0.25, 0.3) is 0 Å². The van der Waals surface area contributed by atoms with Crippen LogP contribution < -0.4 is 10.6 Å². The van der Waals surface area contributed by atoms with Crippen LogP contribution in [0.3, 0.4) is 0 Å². The van der Waals surface area contributed by atoms with Crippen LogP contribution in [0.15, 0.2) is 6.20 Å². The van der Waals surface area contributed by atoms with E-state index in [4.69, 9.17) is 11.6 Å². The Labute approximate surface area is 118 Å². The number of aliphatic hydroxyl groups excluding tert-OH is 1. The highest BCUT2D eigenvalue weighted by molar-refractivity contribution is 6.32. The van der Waals surface area contributed by atoms with Crippen LogP contribution in [-0.2, 0) is 0 Å². The molecular weight excluding hydrogens is 264 g/mol. The van der Waals surface area contributed by atoms with Crippen LogP contribution in [0.4, 0.5) is 11.8 Å². The Kier molecular flexibility index (Phi) is 5.22. The molecule has 1 saturated carbocycles. The van der Waals surface area contributed by atoms with Crippen molar-refractivity contribution in [3.63, 3.8) is 0 Å². The van der Waals surface area contributed by atoms with E-state index in [0.717, 1.165) is 32.2 Å². The molecule has 106 valence electrons. The predicted octanol–water partition coefficient (Wildman–Crippen LogP) is 2.52. The van der Waals surface area contributed by atoms with Gasteiger partial charge in [-0.25, -0.2) is 4.98 Å². The highest BCUT2D eigenvalue weighted by Crippen LogP contribution is 2.30. The molecule has 1 aliphatic rings. The van der Waals surface area contributed by atoms with E-state index in [0.29, 0.717) is 16.8 Å². The molecule has 1 aromatic heterocycles. The Morgan fingerprint density at radius 1 is 1.47 bits per heavy atom. The summed E-state index contributed by atoms with van der Waals surface area (Å²) in [4.78, 5) is 8.54. The van der Waals surface area contributed by atoms with Gasteiger partial charge in [0.1, 0.15) is 5.02 Å². The van der Waals surface area contributed by atoms with Crippen molar-refractivity contribution in [3.05, 3.63) is 11.2 Å². The summed E-state index contributed by atoms with van der Waals surface area (Å²) in [7, 11) is 0. The van der Waals surface area contributed by atoms with Crippen molar-refractivity contribution in [2.24, 2.45) is 5.92 Å². The molecular formula is C13H21ClN4O. The first-order valence-corrected chi connectivity index (χ1v) is 7.26. The van der Waals surface area contributed by atoms with E-state index >= 15 is 0 Å². The molecule has 5 nitrogen and oxygen atoms in total. The van der Waals surface area contributed by atoms with Crippen molar-refractivity contribution >= 4 is 23.4 Å². The number of anilines is 2. The van der Waals surface area contributed by atoms with Gasteiger partial charge in [0, 0.05) is 25.1 Å². The lowest BCUT2D eigenvalue weighted by molar-refractivity contribution is 0.222. The fourth-order valence-corrected chi connectivity index (χ4v) is 2.56. The standard InChI is InChI=1S/C13H21ClN4O/c1-2-6-15-13-16-7-10(14)12(18-13)17-11-5-3-4-9(11)8-19/h7,9,11,19H,2-6,8H2,1H3,(H2,15,16,17,18). The third kappa shape index (κ3) is 3.70. The number of hydrogen-bond acceptors (Lipinski definition) is 5. The summed E-state index contributed by atoms with van der Waals surface area (Å²) in [5.74, 6) is 1.53. The van der Waals surface area contributed by atoms with Gasteiger partial charge in [-0.2, -0.15) is 4.98 Å². The Balaban J connectivity index is 2.05. The maximum atomic E-state index is 9.34. The molecule has 19 heavy (non-hydrogen) atoms. The summed E-state index contributed by atoms with van der Waals surface area (Å²) in [6.07, 6.45) is 5.86. The van der Waals surface area contributed by atoms with E-state index in [2.05, 4.69) is 27.5 Å². The smallest absolute Gasteiger partial charge is 0.224 e. The fraction of sp³-hybridized carbons (Fsp3) is 0.692. The number of halogens is 1. The minimum Gasteiger partial charge on any atom is -0.396 e. The SMILES string of the molecule is CCCNc1ncc(Cl)c(NC2CCCC2CO)n1. The van der Waals surface area contributed by atoms with Gasteiger partial charge < -0.3 is 15.7 Å². The number of aliphatic hydroxyl groups is 1. The lowest BCUT2D eigenvalue weighted by Gasteiger charge is -2.20. The van der Waals surface area contributed by atoms with Crippen LogP contribution in [-0.4, -0.2) is 34.3 Å². The molecule has 1 fully saturated rings. The minimum absolute atomic E-state index is 0.210. The van der Waals surface area contributed by atoms with Crippen LogP contribution >= 0.6 is 11.6 Å². The summed E-state index contributed by atoms with van der Waals surface area (Å²) in [6, 6.07) is 0.247. The Hall–Kier alpha value is -1.07. The summed E-state index contributed by atoms with van der Waals surface area (Å²) in [6.45, 7) is 3.14. The molecule has 0 radical (unpaired) electrons. The van der Waals surface area contributed by atoms with Crippen molar-refractivity contribution in [1.82, 2.24) is 9.97 Å². The molecule has 3 N–H and O–H groups in total. The number of aromatic nitrogens is 2. The van der Waals surface area contributed by atoms with Crippen LogP contribution in [0.1, 0.15) is 32.6 Å². The molecule has 0 spiro atoms. The highest BCUT2D eigenvalue weighted by Gasteiger charge is 2.27. The largest absolute Gasteiger partial charge is 0.396 e. The molecule has 2 unspecified atom stereocenters. The zero-order chi connectivity index (χ0) is 13.7. The summed E-state index contributed by atoms with van der Waals surface area (Å²) in [5, 5.41) is 16.3. The number of nitrogens with one attached hydrogen (secondary N) is 2. The van der Waals surface area contributed by atoms with Crippen molar-refractivity contribution in [1.29, 1.82) is 0 Å². The van der Waals surface area contributed by atoms with Gasteiger partial charge in [0.2, 0.25) is 5.95 Å². The topological polar surface area (TPSA) is 70.1 Å². The maximum Gasteiger partial charge on any atom is 0.224 e. The number of rotatable bonds is 6. The van der Waals surface area contributed by atoms with E-state index in [1.165, 1.54) is 0 Å². The second-order valence-corrected chi connectivity index (χ2v) is 5.35. The first kappa shape index (κ1) is 14.3. The zero-order valence-corrected chi connectivity index (χ0v) is 12.0. The number of nitrogens with zero attached hydrogens (tertiary/aromatic N) is 2. The second-order valence-electron chi connectivity index (χ2n) is 4.94. The average molecular weight is 285 g/mol. The molecule has 0 saturated heterocycles. The molecule has 0 amide bonds. The molecule has 1 aliphatic carbocycles. The Bertz CT molecular complexity index is 416. The maximum absolute atomic E-state index is 9.34. The highest BCUT2D eigenvalue weighted by atomic mass is 35.5. The van der Waals surface area contributed by atoms with E-state index in [1.54, 1.807) is 6.20 Å². The molecule has 0 aliphatic heterocycles. The third-order valence-corrected chi connectivity index (χ3v) is 3.77. The van der Waals surface area contributed by atoms with Crippen molar-refractivity contribution in [3.8, 4) is 0 Å². The van der Waals surface area contributed by atoms with Crippen LogP contribution in [0.5, 0.6) is 0 Å². The van der Waals surface area contributed by atoms with Gasteiger partial charge in [0.15, 0.2) is 5.82 Å². The lowest BCUT2D eigenvalue weighted by atomic mass is 10.1. The second kappa shape index (κ2) is 6.91. The molecule has 0 aromatic carbocycles. The molecule has 2 rings (SSSR count). The molecule has 6 heteroatoms. The Morgan fingerprint density at radius 2 is 2.32 bits per heavy atom. The molecule has 1 heterocycles. The zero-order valence-electron chi connectivity index (χ0n) is 11.2. The van der Waals surface area contributed by atoms with Gasteiger partial charge in [-0.05, 0) is 19.3 Å². The number of hydrogen-bond donors (Lipinski definition) is 3. The van der Waals surface area contributed by atoms with E-state index in [1.807, 2.05) is 0 Å². The summed E-state index contributed by atoms with van der Waals surface area (Å²) in [5.41, 5.74) is 0. The fourth-order valence-electron chi connectivity index (χ4n) is 2.41. The van der Waals surface area contributed by atoms with Gasteiger partial charge in [-0.3, -0.25) is 0 Å². The third-order valence-electron chi connectivity index (χ3n) is 3.49. The predicted molar refractivity (Wildman–Crippen MR) is 77.7 cm³/mol. The van der Waals surface area contributed by atoms with Crippen molar-refractivity contribution < 1.29 is 5.11 Å². The summed E-state index contributed by atoms with van der Waals surface area (Å²) < 4.78 is 0. The van der Waals surface area contributed by atoms with Gasteiger partial charge in [0.05, 0.1) is 6.20 Å². The van der Waals surface area contributed by atoms with Crippen molar-refractivity contribution in [2.45, 2.75) is 38.6 Å². The average Bonchev–Trinajstić information content (AvgIpc) is 2.87. The van der Waals surface area contributed by atoms with Gasteiger partial charge in [-0.15, -0.1) is 0 Å². The molecule has 2 atom stereocenters. The quantitative estimate of drug-likeness (QED) is 0.749. The van der Waals surface area contributed by atoms with E-state index in [-0.39, 0.29) is 18.6 Å². The first-order valence-electron chi connectivity index (χ1n) is 6.88. The van der Waals surface area contributed by atoms with Crippen LogP contribution in [0.2, 0.25) is 5.02 Å². The van der Waals surface area contributed by atoms with Gasteiger partial charge >= 0.3 is 0 Å². The van der Waals surface area contributed by atoms with E-state index < -0.39 is 0 Å². The summed E-state index contributed by atoms with van der Waals surface area (Å²) >= 11 is 6.12. The monoisotopic (exact) mass is 284 g/mol. The normalized spacial score (nSPS) is 22.5. The van der Waals surface area contributed by atoms with Crippen molar-refractivity contribution in [2.75, 3.05) is 23.8 Å². The minimum atomic E-state index is 0.210.